The lowest BCUT2D eigenvalue weighted by atomic mass is 10.1. The number of carbonyl (C=O) groups excluding carboxylic acids is 1. The lowest BCUT2D eigenvalue weighted by Crippen LogP contribution is -2.17. The maximum absolute atomic E-state index is 12.8. The van der Waals surface area contributed by atoms with Crippen molar-refractivity contribution in [1.29, 1.82) is 0 Å². The lowest BCUT2D eigenvalue weighted by molar-refractivity contribution is 0.106. The van der Waals surface area contributed by atoms with Crippen LogP contribution in [-0.4, -0.2) is 10.2 Å². The van der Waals surface area contributed by atoms with Crippen LogP contribution in [0.4, 0.5) is 13.2 Å². The molecule has 1 aromatic heterocycles. The largest absolute Gasteiger partial charge is 0.326 e. The number of alkyl halides is 2. The topological polar surface area (TPSA) is 49.9 Å². The first-order chi connectivity index (χ1) is 6.45. The summed E-state index contributed by atoms with van der Waals surface area (Å²) in [5, 5.41) is -1.25. The molecular formula is C7H3ClF3NO2. The summed E-state index contributed by atoms with van der Waals surface area (Å²) >= 11 is 4.92. The molecule has 7 heteroatoms. The van der Waals surface area contributed by atoms with E-state index >= 15 is 0 Å². The van der Waals surface area contributed by atoms with Crippen LogP contribution in [0.3, 0.4) is 0 Å². The van der Waals surface area contributed by atoms with Gasteiger partial charge >= 0.3 is 0 Å². The van der Waals surface area contributed by atoms with Crippen molar-refractivity contribution in [1.82, 2.24) is 4.98 Å². The molecule has 0 aliphatic rings. The second kappa shape index (κ2) is 3.83. The van der Waals surface area contributed by atoms with Gasteiger partial charge in [-0.15, -0.1) is 0 Å². The van der Waals surface area contributed by atoms with Crippen LogP contribution in [0.5, 0.6) is 0 Å². The van der Waals surface area contributed by atoms with Crippen molar-refractivity contribution in [3.05, 3.63) is 33.5 Å². The van der Waals surface area contributed by atoms with Crippen LogP contribution in [0.1, 0.15) is 22.3 Å². The van der Waals surface area contributed by atoms with Gasteiger partial charge in [0.05, 0.1) is 11.1 Å². The number of halogens is 4. The van der Waals surface area contributed by atoms with Gasteiger partial charge < -0.3 is 4.98 Å². The molecule has 0 saturated carbocycles. The van der Waals surface area contributed by atoms with Crippen molar-refractivity contribution >= 4 is 16.8 Å². The van der Waals surface area contributed by atoms with Crippen LogP contribution >= 0.6 is 11.6 Å². The Morgan fingerprint density at radius 1 is 1.50 bits per heavy atom. The van der Waals surface area contributed by atoms with Gasteiger partial charge in [-0.05, 0) is 11.6 Å². The Labute approximate surface area is 80.5 Å². The zero-order valence-electron chi connectivity index (χ0n) is 6.48. The molecule has 0 atom stereocenters. The SMILES string of the molecule is O=C(Cl)c1c[nH]c(=O)c(F)c1C(F)F. The highest BCUT2D eigenvalue weighted by atomic mass is 35.5. The van der Waals surface area contributed by atoms with Gasteiger partial charge in [0.15, 0.2) is 5.82 Å². The molecule has 14 heavy (non-hydrogen) atoms. The normalized spacial score (nSPS) is 10.6. The Bertz CT molecular complexity index is 429. The third-order valence-electron chi connectivity index (χ3n) is 1.50. The van der Waals surface area contributed by atoms with E-state index in [1.165, 1.54) is 0 Å². The van der Waals surface area contributed by atoms with Crippen molar-refractivity contribution in [2.24, 2.45) is 0 Å². The molecule has 76 valence electrons. The van der Waals surface area contributed by atoms with E-state index in [9.17, 15) is 22.8 Å². The van der Waals surface area contributed by atoms with Gasteiger partial charge in [-0.1, -0.05) is 0 Å². The van der Waals surface area contributed by atoms with Crippen molar-refractivity contribution in [3.8, 4) is 0 Å². The third-order valence-corrected chi connectivity index (χ3v) is 1.71. The van der Waals surface area contributed by atoms with Crippen LogP contribution in [-0.2, 0) is 0 Å². The molecular weight excluding hydrogens is 223 g/mol. The van der Waals surface area contributed by atoms with E-state index < -0.39 is 34.2 Å². The predicted molar refractivity (Wildman–Crippen MR) is 42.2 cm³/mol. The number of aromatic nitrogens is 1. The molecule has 0 radical (unpaired) electrons. The van der Waals surface area contributed by atoms with Crippen LogP contribution in [0, 0.1) is 5.82 Å². The minimum absolute atomic E-state index is 0.655. The standard InChI is InChI=1S/C7H3ClF3NO2/c8-5(13)2-1-12-7(14)4(9)3(2)6(10)11/h1,6H,(H,12,14). The molecule has 3 nitrogen and oxygen atoms in total. The molecule has 0 aliphatic carbocycles. The van der Waals surface area contributed by atoms with E-state index in [2.05, 4.69) is 0 Å². The summed E-state index contributed by atoms with van der Waals surface area (Å²) in [5.41, 5.74) is -3.32. The van der Waals surface area contributed by atoms with Gasteiger partial charge in [-0.3, -0.25) is 9.59 Å². The van der Waals surface area contributed by atoms with Gasteiger partial charge in [0, 0.05) is 6.20 Å². The fraction of sp³-hybridized carbons (Fsp3) is 0.143. The number of aromatic amines is 1. The molecule has 0 unspecified atom stereocenters. The van der Waals surface area contributed by atoms with Gasteiger partial charge in [0.25, 0.3) is 17.2 Å². The highest BCUT2D eigenvalue weighted by Crippen LogP contribution is 2.24. The van der Waals surface area contributed by atoms with Crippen LogP contribution in [0.15, 0.2) is 11.0 Å². The number of rotatable bonds is 2. The Morgan fingerprint density at radius 3 is 2.50 bits per heavy atom. The van der Waals surface area contributed by atoms with Crippen LogP contribution in [0.2, 0.25) is 0 Å². The van der Waals surface area contributed by atoms with Gasteiger partial charge in [0.1, 0.15) is 0 Å². The highest BCUT2D eigenvalue weighted by Gasteiger charge is 2.23. The zero-order chi connectivity index (χ0) is 10.9. The molecule has 0 spiro atoms. The van der Waals surface area contributed by atoms with Gasteiger partial charge in [-0.25, -0.2) is 13.2 Å². The molecule has 0 amide bonds. The van der Waals surface area contributed by atoms with Gasteiger partial charge in [0.2, 0.25) is 0 Å². The first kappa shape index (κ1) is 10.8. The summed E-state index contributed by atoms with van der Waals surface area (Å²) in [6.07, 6.45) is -2.61. The average molecular weight is 226 g/mol. The molecule has 1 rings (SSSR count). The van der Waals surface area contributed by atoms with Crippen molar-refractivity contribution < 1.29 is 18.0 Å². The van der Waals surface area contributed by atoms with E-state index in [1.807, 2.05) is 0 Å². The summed E-state index contributed by atoms with van der Waals surface area (Å²) in [6.45, 7) is 0. The number of pyridine rings is 1. The summed E-state index contributed by atoms with van der Waals surface area (Å²) in [5.74, 6) is -1.69. The molecule has 0 bridgehead atoms. The lowest BCUT2D eigenvalue weighted by Gasteiger charge is -2.04. The molecule has 1 aromatic rings. The number of carbonyl (C=O) groups is 1. The van der Waals surface area contributed by atoms with Crippen molar-refractivity contribution in [2.45, 2.75) is 6.43 Å². The molecule has 1 heterocycles. The molecule has 0 aliphatic heterocycles. The quantitative estimate of drug-likeness (QED) is 0.781. The van der Waals surface area contributed by atoms with Crippen molar-refractivity contribution in [3.63, 3.8) is 0 Å². The molecule has 0 fully saturated rings. The Morgan fingerprint density at radius 2 is 2.07 bits per heavy atom. The number of nitrogens with one attached hydrogen (secondary N) is 1. The molecule has 0 saturated heterocycles. The van der Waals surface area contributed by atoms with E-state index in [4.69, 9.17) is 11.6 Å². The predicted octanol–water partition coefficient (Wildman–Crippen LogP) is 1.83. The molecule has 1 N–H and O–H groups in total. The maximum Gasteiger partial charge on any atom is 0.284 e. The zero-order valence-corrected chi connectivity index (χ0v) is 7.24. The Kier molecular flexibility index (Phi) is 2.95. The third kappa shape index (κ3) is 1.79. The monoisotopic (exact) mass is 225 g/mol. The minimum atomic E-state index is -3.27. The fourth-order valence-electron chi connectivity index (χ4n) is 0.895. The smallest absolute Gasteiger partial charge is 0.284 e. The van der Waals surface area contributed by atoms with Gasteiger partial charge in [-0.2, -0.15) is 0 Å². The first-order valence-corrected chi connectivity index (χ1v) is 3.72. The van der Waals surface area contributed by atoms with E-state index in [1.54, 1.807) is 4.98 Å². The highest BCUT2D eigenvalue weighted by molar-refractivity contribution is 6.67. The van der Waals surface area contributed by atoms with E-state index in [0.29, 0.717) is 6.20 Å². The second-order valence-electron chi connectivity index (χ2n) is 2.33. The summed E-state index contributed by atoms with van der Waals surface area (Å²) in [6, 6.07) is 0. The maximum atomic E-state index is 12.8. The van der Waals surface area contributed by atoms with E-state index in [0.717, 1.165) is 0 Å². The Hall–Kier alpha value is -1.30. The number of hydrogen-bond acceptors (Lipinski definition) is 2. The van der Waals surface area contributed by atoms with E-state index in [-0.39, 0.29) is 0 Å². The van der Waals surface area contributed by atoms with Crippen LogP contribution in [0.25, 0.3) is 0 Å². The summed E-state index contributed by atoms with van der Waals surface area (Å²) in [7, 11) is 0. The summed E-state index contributed by atoms with van der Waals surface area (Å²) in [4.78, 5) is 23.0. The average Bonchev–Trinajstić information content (AvgIpc) is 2.08. The first-order valence-electron chi connectivity index (χ1n) is 3.34. The fourth-order valence-corrected chi connectivity index (χ4v) is 1.05. The second-order valence-corrected chi connectivity index (χ2v) is 2.68. The minimum Gasteiger partial charge on any atom is -0.326 e. The number of hydrogen-bond donors (Lipinski definition) is 1. The summed E-state index contributed by atoms with van der Waals surface area (Å²) < 4.78 is 37.3. The van der Waals surface area contributed by atoms with Crippen LogP contribution < -0.4 is 5.56 Å². The van der Waals surface area contributed by atoms with Crippen molar-refractivity contribution in [2.75, 3.05) is 0 Å². The Balaban J connectivity index is 3.53. The molecule has 0 aromatic carbocycles. The number of H-pyrrole nitrogens is 1.